The van der Waals surface area contributed by atoms with Crippen LogP contribution in [0.15, 0.2) is 79.1 Å². The summed E-state index contributed by atoms with van der Waals surface area (Å²) in [7, 11) is 0. The highest BCUT2D eigenvalue weighted by molar-refractivity contribution is 6.31. The molecule has 1 aromatic heterocycles. The molecule has 2 aromatic rings. The molecule has 0 amide bonds. The van der Waals surface area contributed by atoms with E-state index in [9.17, 15) is 19.6 Å². The van der Waals surface area contributed by atoms with Crippen molar-refractivity contribution < 1.29 is 14.7 Å². The molecule has 1 aromatic carbocycles. The average Bonchev–Trinajstić information content (AvgIpc) is 3.31. The standard InChI is InChI=1S/C23H26ClN7O6/c1-14-10-20(28-37-14)36-19-8-6-17(7-9-19)26-21-29(11-15-2-4-16(24)5-3-15)22(33)30(23(34)31(21)25)12-18(13-32)27-35/h2,4-10,15,18,20,28,32H,3,11-13,25H2,1H3/b26-21-/t15?,18-,20?/m1/s1. The molecule has 1 aliphatic carbocycles. The van der Waals surface area contributed by atoms with E-state index in [0.29, 0.717) is 28.6 Å². The number of nitrogens with two attached hydrogens (primary N) is 1. The van der Waals surface area contributed by atoms with Gasteiger partial charge in [0.05, 0.1) is 18.8 Å². The second kappa shape index (κ2) is 11.4. The third kappa shape index (κ3) is 6.07. The zero-order valence-electron chi connectivity index (χ0n) is 19.9. The zero-order chi connectivity index (χ0) is 26.5. The van der Waals surface area contributed by atoms with Crippen molar-refractivity contribution in [2.45, 2.75) is 38.7 Å². The molecule has 0 radical (unpaired) electrons. The molecule has 14 heteroatoms. The molecular weight excluding hydrogens is 506 g/mol. The maximum absolute atomic E-state index is 13.4. The minimum atomic E-state index is -1.19. The Bertz CT molecular complexity index is 1440. The van der Waals surface area contributed by atoms with Crippen molar-refractivity contribution in [1.29, 1.82) is 0 Å². The highest BCUT2D eigenvalue weighted by atomic mass is 35.5. The van der Waals surface area contributed by atoms with E-state index in [1.54, 1.807) is 43.3 Å². The van der Waals surface area contributed by atoms with Crippen LogP contribution in [0, 0.1) is 10.8 Å². The second-order valence-corrected chi connectivity index (χ2v) is 8.92. The number of halogens is 1. The Balaban J connectivity index is 1.74. The lowest BCUT2D eigenvalue weighted by atomic mass is 10.0. The van der Waals surface area contributed by atoms with Crippen LogP contribution in [0.2, 0.25) is 0 Å². The number of ether oxygens (including phenoxy) is 1. The number of aliphatic hydroxyl groups excluding tert-OH is 1. The van der Waals surface area contributed by atoms with Crippen molar-refractivity contribution in [3.8, 4) is 5.75 Å². The molecule has 0 fully saturated rings. The first-order chi connectivity index (χ1) is 17.8. The van der Waals surface area contributed by atoms with E-state index in [0.717, 1.165) is 9.24 Å². The number of rotatable bonds is 9. The number of allylic oxidation sites excluding steroid dienone is 5. The molecule has 1 aliphatic heterocycles. The van der Waals surface area contributed by atoms with Crippen molar-refractivity contribution in [3.05, 3.63) is 90.9 Å². The number of nitrogens with zero attached hydrogens (tertiary/aromatic N) is 5. The number of hydrogen-bond donors (Lipinski definition) is 3. The van der Waals surface area contributed by atoms with Gasteiger partial charge in [-0.25, -0.2) is 19.1 Å². The lowest BCUT2D eigenvalue weighted by Crippen LogP contribution is -2.58. The zero-order valence-corrected chi connectivity index (χ0v) is 20.6. The van der Waals surface area contributed by atoms with Gasteiger partial charge >= 0.3 is 11.4 Å². The van der Waals surface area contributed by atoms with Gasteiger partial charge in [-0.15, -0.1) is 5.48 Å². The van der Waals surface area contributed by atoms with Gasteiger partial charge < -0.3 is 20.5 Å². The SMILES string of the molecule is CC1=CC(Oc2ccc(/N=c3\n(N)c(=O)n(C[C@H](CO)N=O)c(=O)n3CC3C=CC(Cl)=CC3)cc2)NO1. The Morgan fingerprint density at radius 3 is 2.62 bits per heavy atom. The van der Waals surface area contributed by atoms with Gasteiger partial charge in [-0.1, -0.05) is 28.9 Å². The third-order valence-corrected chi connectivity index (χ3v) is 6.00. The van der Waals surface area contributed by atoms with E-state index >= 15 is 0 Å². The molecule has 0 spiro atoms. The van der Waals surface area contributed by atoms with Crippen LogP contribution < -0.4 is 33.1 Å². The van der Waals surface area contributed by atoms with E-state index in [-0.39, 0.29) is 18.1 Å². The largest absolute Gasteiger partial charge is 0.469 e. The Morgan fingerprint density at radius 2 is 2.03 bits per heavy atom. The maximum Gasteiger partial charge on any atom is 0.353 e. The first kappa shape index (κ1) is 26.1. The highest BCUT2D eigenvalue weighted by Gasteiger charge is 2.20. The van der Waals surface area contributed by atoms with Crippen LogP contribution in [0.5, 0.6) is 5.75 Å². The smallest absolute Gasteiger partial charge is 0.353 e. The van der Waals surface area contributed by atoms with Crippen molar-refractivity contribution in [1.82, 2.24) is 19.3 Å². The van der Waals surface area contributed by atoms with Crippen molar-refractivity contribution >= 4 is 17.3 Å². The third-order valence-electron chi connectivity index (χ3n) is 5.72. The summed E-state index contributed by atoms with van der Waals surface area (Å²) in [4.78, 5) is 46.9. The number of nitrogen functional groups attached to an aromatic ring is 1. The summed E-state index contributed by atoms with van der Waals surface area (Å²) in [6.45, 7) is 0.860. The van der Waals surface area contributed by atoms with Crippen molar-refractivity contribution in [2.24, 2.45) is 16.1 Å². The van der Waals surface area contributed by atoms with Gasteiger partial charge in [0, 0.05) is 17.7 Å². The van der Waals surface area contributed by atoms with Crippen LogP contribution in [0.25, 0.3) is 0 Å². The molecule has 0 saturated carbocycles. The summed E-state index contributed by atoms with van der Waals surface area (Å²) in [6.07, 6.45) is 7.27. The van der Waals surface area contributed by atoms with E-state index in [1.807, 2.05) is 12.2 Å². The molecule has 196 valence electrons. The number of nitrogens with one attached hydrogen (secondary N) is 1. The summed E-state index contributed by atoms with van der Waals surface area (Å²) in [5.74, 6) is 7.19. The number of benzene rings is 1. The Hall–Kier alpha value is -3.94. The quantitative estimate of drug-likeness (QED) is 0.314. The monoisotopic (exact) mass is 531 g/mol. The highest BCUT2D eigenvalue weighted by Crippen LogP contribution is 2.21. The van der Waals surface area contributed by atoms with Gasteiger partial charge in [-0.3, -0.25) is 4.57 Å². The fourth-order valence-electron chi connectivity index (χ4n) is 3.78. The molecular formula is C23H26ClN7O6. The van der Waals surface area contributed by atoms with E-state index in [2.05, 4.69) is 15.6 Å². The summed E-state index contributed by atoms with van der Waals surface area (Å²) in [5, 5.41) is 12.7. The van der Waals surface area contributed by atoms with Gasteiger partial charge in [-0.05, 0) is 49.6 Å². The summed E-state index contributed by atoms with van der Waals surface area (Å²) in [6, 6.07) is 5.44. The molecule has 13 nitrogen and oxygen atoms in total. The summed E-state index contributed by atoms with van der Waals surface area (Å²) >= 11 is 6.02. The van der Waals surface area contributed by atoms with Crippen LogP contribution >= 0.6 is 11.6 Å². The number of aromatic nitrogens is 3. The molecule has 2 unspecified atom stereocenters. The van der Waals surface area contributed by atoms with E-state index in [4.69, 9.17) is 27.0 Å². The van der Waals surface area contributed by atoms with Gasteiger partial charge in [0.15, 0.2) is 0 Å². The molecule has 4 rings (SSSR count). The Morgan fingerprint density at radius 1 is 1.27 bits per heavy atom. The van der Waals surface area contributed by atoms with Crippen LogP contribution in [0.4, 0.5) is 5.69 Å². The molecule has 3 atom stereocenters. The maximum atomic E-state index is 13.4. The van der Waals surface area contributed by atoms with Crippen LogP contribution in [-0.2, 0) is 17.9 Å². The molecule has 0 bridgehead atoms. The average molecular weight is 532 g/mol. The fourth-order valence-corrected chi connectivity index (χ4v) is 3.95. The van der Waals surface area contributed by atoms with Crippen LogP contribution in [-0.4, -0.2) is 37.8 Å². The van der Waals surface area contributed by atoms with Gasteiger partial charge in [0.1, 0.15) is 17.6 Å². The number of aliphatic hydroxyl groups is 1. The number of hydrogen-bond acceptors (Lipinski definition) is 10. The van der Waals surface area contributed by atoms with Gasteiger partial charge in [0.2, 0.25) is 11.8 Å². The van der Waals surface area contributed by atoms with E-state index < -0.39 is 36.8 Å². The van der Waals surface area contributed by atoms with Crippen LogP contribution in [0.1, 0.15) is 13.3 Å². The molecule has 37 heavy (non-hydrogen) atoms. The molecule has 2 heterocycles. The van der Waals surface area contributed by atoms with Gasteiger partial charge in [-0.2, -0.15) is 9.58 Å². The minimum Gasteiger partial charge on any atom is -0.469 e. The molecule has 4 N–H and O–H groups in total. The number of hydroxylamine groups is 1. The second-order valence-electron chi connectivity index (χ2n) is 8.48. The molecule has 0 saturated heterocycles. The number of nitroso groups, excluding NO2 is 1. The molecule has 2 aliphatic rings. The van der Waals surface area contributed by atoms with Crippen molar-refractivity contribution in [2.75, 3.05) is 12.4 Å². The topological polar surface area (TPSA) is 167 Å². The normalized spacial score (nSPS) is 20.2. The van der Waals surface area contributed by atoms with E-state index in [1.165, 1.54) is 4.57 Å². The summed E-state index contributed by atoms with van der Waals surface area (Å²) < 4.78 is 8.49. The lowest BCUT2D eigenvalue weighted by Gasteiger charge is -2.19. The fraction of sp³-hybridized carbons (Fsp3) is 0.348. The predicted molar refractivity (Wildman–Crippen MR) is 135 cm³/mol. The van der Waals surface area contributed by atoms with Gasteiger partial charge in [0.25, 0.3) is 0 Å². The summed E-state index contributed by atoms with van der Waals surface area (Å²) in [5.41, 5.74) is 1.38. The van der Waals surface area contributed by atoms with Crippen molar-refractivity contribution in [3.63, 3.8) is 0 Å². The predicted octanol–water partition coefficient (Wildman–Crippen LogP) is 0.727. The minimum absolute atomic E-state index is 0.0991. The Labute approximate surface area is 215 Å². The first-order valence-electron chi connectivity index (χ1n) is 11.4. The Kier molecular flexibility index (Phi) is 8.06. The lowest BCUT2D eigenvalue weighted by molar-refractivity contribution is 0.0482. The van der Waals surface area contributed by atoms with Crippen LogP contribution in [0.3, 0.4) is 0 Å². The first-order valence-corrected chi connectivity index (χ1v) is 11.8.